The molecule has 216 valence electrons. The topological polar surface area (TPSA) is 159 Å². The fourth-order valence-corrected chi connectivity index (χ4v) is 4.40. The summed E-state index contributed by atoms with van der Waals surface area (Å²) in [4.78, 5) is 53.4. The quantitative estimate of drug-likeness (QED) is 0.368. The molecule has 0 unspecified atom stereocenters. The van der Waals surface area contributed by atoms with Crippen LogP contribution in [0.1, 0.15) is 31.3 Å². The van der Waals surface area contributed by atoms with Crippen LogP contribution < -0.4 is 20.1 Å². The van der Waals surface area contributed by atoms with Crippen LogP contribution >= 0.6 is 0 Å². The summed E-state index contributed by atoms with van der Waals surface area (Å²) in [5.41, 5.74) is -0.733. The molecule has 1 fully saturated rings. The molecule has 3 N–H and O–H groups in total. The lowest BCUT2D eigenvalue weighted by atomic mass is 9.97. The molecule has 3 amide bonds. The number of piperazine rings is 1. The number of anilines is 2. The highest BCUT2D eigenvalue weighted by molar-refractivity contribution is 5.95. The minimum atomic E-state index is -1.37. The number of hydrogen-bond acceptors (Lipinski definition) is 9. The van der Waals surface area contributed by atoms with Crippen LogP contribution in [-0.4, -0.2) is 86.1 Å². The van der Waals surface area contributed by atoms with Gasteiger partial charge >= 0.3 is 6.09 Å². The minimum absolute atomic E-state index is 0.0419. The Labute approximate surface area is 235 Å². The Hall–Kier alpha value is -4.85. The van der Waals surface area contributed by atoms with E-state index in [1.807, 2.05) is 18.7 Å². The number of nitrogens with zero attached hydrogens (tertiary/aromatic N) is 5. The third kappa shape index (κ3) is 7.03. The predicted molar refractivity (Wildman–Crippen MR) is 146 cm³/mol. The molecule has 41 heavy (non-hydrogen) atoms. The number of nitrogens with one attached hydrogen (secondary N) is 2. The third-order valence-electron chi connectivity index (χ3n) is 6.52. The second-order valence-corrected chi connectivity index (χ2v) is 9.88. The van der Waals surface area contributed by atoms with Crippen molar-refractivity contribution in [3.05, 3.63) is 60.3 Å². The Morgan fingerprint density at radius 3 is 2.34 bits per heavy atom. The van der Waals surface area contributed by atoms with Crippen molar-refractivity contribution < 1.29 is 33.4 Å². The van der Waals surface area contributed by atoms with Crippen LogP contribution in [0.5, 0.6) is 17.4 Å². The van der Waals surface area contributed by atoms with Crippen LogP contribution in [0, 0.1) is 5.82 Å². The highest BCUT2D eigenvalue weighted by Crippen LogP contribution is 2.27. The fraction of sp³-hybridized carbons (Fsp3) is 0.333. The van der Waals surface area contributed by atoms with Crippen LogP contribution in [0.15, 0.2) is 48.8 Å². The number of pyridine rings is 1. The molecular formula is C27H30FN7O6. The van der Waals surface area contributed by atoms with Gasteiger partial charge in [0.05, 0.1) is 31.1 Å². The van der Waals surface area contributed by atoms with Gasteiger partial charge in [-0.15, -0.1) is 0 Å². The van der Waals surface area contributed by atoms with Crippen LogP contribution in [0.25, 0.3) is 0 Å². The first kappa shape index (κ1) is 29.1. The highest BCUT2D eigenvalue weighted by atomic mass is 19.1. The van der Waals surface area contributed by atoms with Crippen molar-refractivity contribution in [2.45, 2.75) is 32.4 Å². The molecule has 0 spiro atoms. The van der Waals surface area contributed by atoms with E-state index in [4.69, 9.17) is 14.6 Å². The SMILES string of the molecule is COc1ncc(C(=O)N2CCN([C@@H](C)C(=O)Nc3ccc(Oc4ccc(F)cc4)cn3)CC2(C)C)nc1NC(=O)O. The van der Waals surface area contributed by atoms with Gasteiger partial charge in [0.2, 0.25) is 5.91 Å². The standard InChI is InChI=1S/C27H30FN7O6/c1-16(23(36)32-21-10-9-19(13-29-21)41-18-7-5-17(28)6-8-18)34-11-12-35(27(2,3)15-34)25(37)20-14-30-24(40-4)22(31-20)33-26(38)39/h5-10,13-14,16H,11-12,15H2,1-4H3,(H,31,33)(H,38,39)(H,29,32,36)/t16-/m0/s1. The summed E-state index contributed by atoms with van der Waals surface area (Å²) < 4.78 is 23.7. The molecule has 0 radical (unpaired) electrons. The van der Waals surface area contributed by atoms with E-state index in [1.165, 1.54) is 43.8 Å². The molecule has 1 aliphatic heterocycles. The van der Waals surface area contributed by atoms with Gasteiger partial charge in [0.25, 0.3) is 11.8 Å². The van der Waals surface area contributed by atoms with E-state index in [0.717, 1.165) is 0 Å². The number of aromatic nitrogens is 3. The van der Waals surface area contributed by atoms with Gasteiger partial charge in [0.15, 0.2) is 5.82 Å². The summed E-state index contributed by atoms with van der Waals surface area (Å²) in [5.74, 6) is -0.0883. The van der Waals surface area contributed by atoms with E-state index in [0.29, 0.717) is 37.0 Å². The first-order valence-electron chi connectivity index (χ1n) is 12.6. The molecule has 0 aliphatic carbocycles. The molecule has 4 rings (SSSR count). The zero-order valence-electron chi connectivity index (χ0n) is 22.9. The number of ether oxygens (including phenoxy) is 2. The van der Waals surface area contributed by atoms with E-state index in [2.05, 4.69) is 25.6 Å². The van der Waals surface area contributed by atoms with Gasteiger partial charge in [-0.25, -0.2) is 24.1 Å². The van der Waals surface area contributed by atoms with Crippen LogP contribution in [0.3, 0.4) is 0 Å². The summed E-state index contributed by atoms with van der Waals surface area (Å²) in [7, 11) is 1.31. The maximum absolute atomic E-state index is 13.3. The average molecular weight is 568 g/mol. The smallest absolute Gasteiger partial charge is 0.410 e. The normalized spacial score (nSPS) is 15.5. The molecular weight excluding hydrogens is 537 g/mol. The van der Waals surface area contributed by atoms with E-state index in [-0.39, 0.29) is 29.1 Å². The van der Waals surface area contributed by atoms with Crippen LogP contribution in [-0.2, 0) is 4.79 Å². The molecule has 0 saturated carbocycles. The van der Waals surface area contributed by atoms with Crippen LogP contribution in [0.4, 0.5) is 20.8 Å². The highest BCUT2D eigenvalue weighted by Gasteiger charge is 2.40. The van der Waals surface area contributed by atoms with Gasteiger partial charge in [-0.3, -0.25) is 19.8 Å². The molecule has 2 aromatic heterocycles. The largest absolute Gasteiger partial charge is 0.478 e. The zero-order chi connectivity index (χ0) is 29.7. The number of benzene rings is 1. The third-order valence-corrected chi connectivity index (χ3v) is 6.52. The molecule has 13 nitrogen and oxygen atoms in total. The summed E-state index contributed by atoms with van der Waals surface area (Å²) >= 11 is 0. The Morgan fingerprint density at radius 2 is 1.73 bits per heavy atom. The molecule has 3 heterocycles. The number of methoxy groups -OCH3 is 1. The van der Waals surface area contributed by atoms with Gasteiger partial charge in [-0.05, 0) is 57.2 Å². The number of halogens is 1. The van der Waals surface area contributed by atoms with Crippen molar-refractivity contribution in [3.63, 3.8) is 0 Å². The Bertz CT molecular complexity index is 1420. The van der Waals surface area contributed by atoms with Crippen molar-refractivity contribution in [1.82, 2.24) is 24.8 Å². The van der Waals surface area contributed by atoms with Crippen molar-refractivity contribution >= 4 is 29.5 Å². The predicted octanol–water partition coefficient (Wildman–Crippen LogP) is 3.47. The molecule has 1 atom stereocenters. The van der Waals surface area contributed by atoms with Crippen molar-refractivity contribution in [1.29, 1.82) is 0 Å². The van der Waals surface area contributed by atoms with Crippen LogP contribution in [0.2, 0.25) is 0 Å². The van der Waals surface area contributed by atoms with Crippen molar-refractivity contribution in [2.75, 3.05) is 37.4 Å². The number of carboxylic acid groups (broad SMARTS) is 1. The summed E-state index contributed by atoms with van der Waals surface area (Å²) in [6.45, 7) is 6.60. The molecule has 1 saturated heterocycles. The lowest BCUT2D eigenvalue weighted by molar-refractivity contribution is -0.122. The number of amides is 3. The number of rotatable bonds is 8. The lowest BCUT2D eigenvalue weighted by Crippen LogP contribution is -2.63. The Morgan fingerprint density at radius 1 is 1.02 bits per heavy atom. The van der Waals surface area contributed by atoms with Gasteiger partial charge in [0, 0.05) is 19.6 Å². The second-order valence-electron chi connectivity index (χ2n) is 9.88. The van der Waals surface area contributed by atoms with Crippen molar-refractivity contribution in [2.24, 2.45) is 0 Å². The maximum Gasteiger partial charge on any atom is 0.410 e. The van der Waals surface area contributed by atoms with E-state index in [1.54, 1.807) is 24.0 Å². The molecule has 1 aromatic carbocycles. The zero-order valence-corrected chi connectivity index (χ0v) is 22.9. The Kier molecular flexibility index (Phi) is 8.62. The van der Waals surface area contributed by atoms with E-state index < -0.39 is 23.6 Å². The minimum Gasteiger partial charge on any atom is -0.478 e. The molecule has 1 aliphatic rings. The summed E-state index contributed by atoms with van der Waals surface area (Å²) in [6.07, 6.45) is 1.32. The Balaban J connectivity index is 1.37. The van der Waals surface area contributed by atoms with E-state index >= 15 is 0 Å². The molecule has 14 heteroatoms. The molecule has 0 bridgehead atoms. The number of carbonyl (C=O) groups excluding carboxylic acids is 2. The summed E-state index contributed by atoms with van der Waals surface area (Å²) in [5, 5.41) is 13.9. The monoisotopic (exact) mass is 567 g/mol. The lowest BCUT2D eigenvalue weighted by Gasteiger charge is -2.48. The average Bonchev–Trinajstić information content (AvgIpc) is 2.93. The fourth-order valence-electron chi connectivity index (χ4n) is 4.40. The van der Waals surface area contributed by atoms with Gasteiger partial charge in [0.1, 0.15) is 28.8 Å². The van der Waals surface area contributed by atoms with Gasteiger partial charge in [-0.2, -0.15) is 0 Å². The van der Waals surface area contributed by atoms with E-state index in [9.17, 15) is 18.8 Å². The second kappa shape index (κ2) is 12.1. The summed E-state index contributed by atoms with van der Waals surface area (Å²) in [6, 6.07) is 8.30. The molecule has 3 aromatic rings. The van der Waals surface area contributed by atoms with Crippen molar-refractivity contribution in [3.8, 4) is 17.4 Å². The first-order valence-corrected chi connectivity index (χ1v) is 12.6. The first-order chi connectivity index (χ1) is 19.5. The van der Waals surface area contributed by atoms with Gasteiger partial charge in [-0.1, -0.05) is 0 Å². The number of hydrogen-bond donors (Lipinski definition) is 3. The van der Waals surface area contributed by atoms with Gasteiger partial charge < -0.3 is 24.8 Å². The number of carbonyl (C=O) groups is 3. The maximum atomic E-state index is 13.3.